The number of Topliss-reactive ketones (excluding diaryl/α,β-unsaturated/α-hetero) is 1. The van der Waals surface area contributed by atoms with Crippen LogP contribution in [-0.2, 0) is 9.59 Å². The van der Waals surface area contributed by atoms with Gasteiger partial charge >= 0.3 is 0 Å². The van der Waals surface area contributed by atoms with Crippen LogP contribution in [-0.4, -0.2) is 34.5 Å². The lowest BCUT2D eigenvalue weighted by Crippen LogP contribution is -2.37. The van der Waals surface area contributed by atoms with Crippen molar-refractivity contribution in [3.8, 4) is 11.5 Å². The second kappa shape index (κ2) is 7.20. The van der Waals surface area contributed by atoms with E-state index in [0.717, 1.165) is 36.8 Å². The maximum atomic E-state index is 13.2. The number of hydrogen-bond acceptors (Lipinski definition) is 5. The number of aryl methyl sites for hydroxylation is 1. The number of fused-ring (bicyclic) bond motifs is 1. The zero-order valence-corrected chi connectivity index (χ0v) is 16.8. The molecule has 2 aromatic rings. The van der Waals surface area contributed by atoms with Crippen molar-refractivity contribution in [2.45, 2.75) is 44.7 Å². The molecule has 1 N–H and O–H groups in total. The molecule has 2 aliphatic heterocycles. The molecule has 154 valence electrons. The molecule has 0 bridgehead atoms. The zero-order chi connectivity index (χ0) is 20.8. The van der Waals surface area contributed by atoms with Crippen LogP contribution in [0.15, 0.2) is 48.0 Å². The van der Waals surface area contributed by atoms with Crippen LogP contribution in [0.5, 0.6) is 11.5 Å². The first kappa shape index (κ1) is 18.7. The molecular formula is C24H23NO5. The SMILES string of the molecule is Cc1ccccc1C1/C(=C(\O)c2ccc3c(c2)OCO3)C(=O)C(=O)N1C1CCCC1. The highest BCUT2D eigenvalue weighted by molar-refractivity contribution is 6.46. The van der Waals surface area contributed by atoms with Crippen LogP contribution < -0.4 is 9.47 Å². The second-order valence-electron chi connectivity index (χ2n) is 8.07. The van der Waals surface area contributed by atoms with Gasteiger partial charge in [0.15, 0.2) is 11.5 Å². The smallest absolute Gasteiger partial charge is 0.295 e. The third kappa shape index (κ3) is 2.86. The van der Waals surface area contributed by atoms with Gasteiger partial charge in [0.05, 0.1) is 11.6 Å². The third-order valence-electron chi connectivity index (χ3n) is 6.33. The number of nitrogens with zero attached hydrogens (tertiary/aromatic N) is 1. The van der Waals surface area contributed by atoms with Gasteiger partial charge in [-0.25, -0.2) is 0 Å². The molecule has 2 fully saturated rings. The molecule has 0 aromatic heterocycles. The van der Waals surface area contributed by atoms with E-state index < -0.39 is 17.7 Å². The summed E-state index contributed by atoms with van der Waals surface area (Å²) in [4.78, 5) is 28.0. The molecule has 2 heterocycles. The number of ether oxygens (including phenoxy) is 2. The van der Waals surface area contributed by atoms with E-state index in [0.29, 0.717) is 17.1 Å². The summed E-state index contributed by atoms with van der Waals surface area (Å²) in [5.41, 5.74) is 2.41. The Bertz CT molecular complexity index is 1070. The van der Waals surface area contributed by atoms with Gasteiger partial charge < -0.3 is 19.5 Å². The summed E-state index contributed by atoms with van der Waals surface area (Å²) < 4.78 is 10.8. The van der Waals surface area contributed by atoms with E-state index in [9.17, 15) is 14.7 Å². The summed E-state index contributed by atoms with van der Waals surface area (Å²) in [5, 5.41) is 11.2. The first-order chi connectivity index (χ1) is 14.6. The topological polar surface area (TPSA) is 76.1 Å². The van der Waals surface area contributed by atoms with Crippen molar-refractivity contribution in [3.63, 3.8) is 0 Å². The summed E-state index contributed by atoms with van der Waals surface area (Å²) in [5.74, 6) is -0.243. The van der Waals surface area contributed by atoms with Crippen LogP contribution in [0.3, 0.4) is 0 Å². The predicted octanol–water partition coefficient (Wildman–Crippen LogP) is 4.09. The van der Waals surface area contributed by atoms with Crippen molar-refractivity contribution in [2.75, 3.05) is 6.79 Å². The number of benzene rings is 2. The fourth-order valence-electron chi connectivity index (χ4n) is 4.81. The minimum atomic E-state index is -0.634. The Kier molecular flexibility index (Phi) is 4.50. The monoisotopic (exact) mass is 405 g/mol. The van der Waals surface area contributed by atoms with E-state index in [-0.39, 0.29) is 24.2 Å². The third-order valence-corrected chi connectivity index (χ3v) is 6.33. The van der Waals surface area contributed by atoms with Gasteiger partial charge in [0.1, 0.15) is 5.76 Å². The highest BCUT2D eigenvalue weighted by atomic mass is 16.7. The summed E-state index contributed by atoms with van der Waals surface area (Å²) in [6.45, 7) is 2.08. The van der Waals surface area contributed by atoms with Gasteiger partial charge in [-0.2, -0.15) is 0 Å². The summed E-state index contributed by atoms with van der Waals surface area (Å²) in [6.07, 6.45) is 3.82. The quantitative estimate of drug-likeness (QED) is 0.473. The van der Waals surface area contributed by atoms with Crippen LogP contribution in [0.4, 0.5) is 0 Å². The lowest BCUT2D eigenvalue weighted by atomic mass is 9.92. The molecule has 1 saturated carbocycles. The number of ketones is 1. The van der Waals surface area contributed by atoms with Crippen molar-refractivity contribution in [3.05, 3.63) is 64.7 Å². The molecule has 30 heavy (non-hydrogen) atoms. The number of aliphatic hydroxyl groups excluding tert-OH is 1. The number of carbonyl (C=O) groups is 2. The number of likely N-dealkylation sites (tertiary alicyclic amines) is 1. The normalized spacial score (nSPS) is 22.8. The molecule has 2 aromatic carbocycles. The van der Waals surface area contributed by atoms with Crippen molar-refractivity contribution in [2.24, 2.45) is 0 Å². The highest BCUT2D eigenvalue weighted by Crippen LogP contribution is 2.45. The van der Waals surface area contributed by atoms with Crippen molar-refractivity contribution < 1.29 is 24.2 Å². The Morgan fingerprint density at radius 3 is 2.53 bits per heavy atom. The number of rotatable bonds is 3. The maximum absolute atomic E-state index is 13.2. The number of hydrogen-bond donors (Lipinski definition) is 1. The Hall–Kier alpha value is -3.28. The van der Waals surface area contributed by atoms with Gasteiger partial charge in [-0.3, -0.25) is 9.59 Å². The average molecular weight is 405 g/mol. The van der Waals surface area contributed by atoms with E-state index in [1.54, 1.807) is 23.1 Å². The van der Waals surface area contributed by atoms with Gasteiger partial charge in [0.25, 0.3) is 11.7 Å². The molecule has 1 amide bonds. The minimum absolute atomic E-state index is 0.00751. The number of amides is 1. The molecule has 6 nitrogen and oxygen atoms in total. The molecule has 3 aliphatic rings. The molecule has 6 heteroatoms. The largest absolute Gasteiger partial charge is 0.507 e. The Morgan fingerprint density at radius 2 is 1.77 bits per heavy atom. The maximum Gasteiger partial charge on any atom is 0.295 e. The van der Waals surface area contributed by atoms with Crippen LogP contribution in [0, 0.1) is 6.92 Å². The zero-order valence-electron chi connectivity index (χ0n) is 16.8. The first-order valence-corrected chi connectivity index (χ1v) is 10.3. The molecule has 5 rings (SSSR count). The highest BCUT2D eigenvalue weighted by Gasteiger charge is 2.49. The van der Waals surface area contributed by atoms with Crippen molar-refractivity contribution in [1.82, 2.24) is 4.90 Å². The Balaban J connectivity index is 1.68. The fraction of sp³-hybridized carbons (Fsp3) is 0.333. The van der Waals surface area contributed by atoms with Crippen molar-refractivity contribution >= 4 is 17.4 Å². The number of carbonyl (C=O) groups excluding carboxylic acids is 2. The Morgan fingerprint density at radius 1 is 1.03 bits per heavy atom. The summed E-state index contributed by atoms with van der Waals surface area (Å²) in [6, 6.07) is 12.2. The van der Waals surface area contributed by atoms with Gasteiger partial charge in [0.2, 0.25) is 6.79 Å². The predicted molar refractivity (Wildman–Crippen MR) is 110 cm³/mol. The molecular weight excluding hydrogens is 382 g/mol. The molecule has 0 spiro atoms. The second-order valence-corrected chi connectivity index (χ2v) is 8.07. The van der Waals surface area contributed by atoms with Crippen LogP contribution in [0.25, 0.3) is 5.76 Å². The summed E-state index contributed by atoms with van der Waals surface area (Å²) in [7, 11) is 0. The van der Waals surface area contributed by atoms with E-state index in [1.807, 2.05) is 31.2 Å². The first-order valence-electron chi connectivity index (χ1n) is 10.3. The lowest BCUT2D eigenvalue weighted by molar-refractivity contribution is -0.141. The van der Waals surface area contributed by atoms with Crippen LogP contribution in [0.2, 0.25) is 0 Å². The lowest BCUT2D eigenvalue weighted by Gasteiger charge is -2.31. The van der Waals surface area contributed by atoms with E-state index in [2.05, 4.69) is 0 Å². The van der Waals surface area contributed by atoms with Crippen LogP contribution >= 0.6 is 0 Å². The molecule has 1 saturated heterocycles. The molecule has 1 atom stereocenters. The van der Waals surface area contributed by atoms with E-state index in [1.165, 1.54) is 0 Å². The number of aliphatic hydroxyl groups is 1. The van der Waals surface area contributed by atoms with Crippen LogP contribution in [0.1, 0.15) is 48.4 Å². The molecule has 1 unspecified atom stereocenters. The van der Waals surface area contributed by atoms with E-state index in [4.69, 9.17) is 9.47 Å². The Labute approximate surface area is 174 Å². The average Bonchev–Trinajstić information content (AvgIpc) is 3.48. The standard InChI is InChI=1S/C24H23NO5/c1-14-6-2-5-9-17(14)21-20(23(27)24(28)25(21)16-7-3-4-8-16)22(26)15-10-11-18-19(12-15)30-13-29-18/h2,5-6,9-12,16,21,26H,3-4,7-8,13H2,1H3/b22-20+. The van der Waals surface area contributed by atoms with Gasteiger partial charge in [0, 0.05) is 11.6 Å². The van der Waals surface area contributed by atoms with Gasteiger partial charge in [-0.15, -0.1) is 0 Å². The molecule has 1 aliphatic carbocycles. The minimum Gasteiger partial charge on any atom is -0.507 e. The van der Waals surface area contributed by atoms with Gasteiger partial charge in [-0.05, 0) is 49.1 Å². The summed E-state index contributed by atoms with van der Waals surface area (Å²) >= 11 is 0. The van der Waals surface area contributed by atoms with Gasteiger partial charge in [-0.1, -0.05) is 37.1 Å². The van der Waals surface area contributed by atoms with Crippen molar-refractivity contribution in [1.29, 1.82) is 0 Å². The fourth-order valence-corrected chi connectivity index (χ4v) is 4.81. The molecule has 0 radical (unpaired) electrons. The van der Waals surface area contributed by atoms with E-state index >= 15 is 0 Å².